The number of fused-ring (bicyclic) bond motifs is 1. The van der Waals surface area contributed by atoms with Crippen LogP contribution in [0.25, 0.3) is 16.9 Å². The summed E-state index contributed by atoms with van der Waals surface area (Å²) in [5, 5.41) is 21.2. The van der Waals surface area contributed by atoms with Gasteiger partial charge in [0.2, 0.25) is 17.6 Å². The van der Waals surface area contributed by atoms with Crippen LogP contribution in [0.3, 0.4) is 0 Å². The smallest absolute Gasteiger partial charge is 0.266 e. The van der Waals surface area contributed by atoms with E-state index in [4.69, 9.17) is 4.52 Å². The van der Waals surface area contributed by atoms with E-state index >= 15 is 0 Å². The fourth-order valence-electron chi connectivity index (χ4n) is 6.92. The Morgan fingerprint density at radius 3 is 2.59 bits per heavy atom. The second-order valence-corrected chi connectivity index (χ2v) is 13.1. The molecule has 2 amide bonds. The maximum atomic E-state index is 13.4. The number of rotatable bonds is 7. The normalized spacial score (nSPS) is 22.5. The molecule has 2 saturated heterocycles. The summed E-state index contributed by atoms with van der Waals surface area (Å²) >= 11 is 0. The van der Waals surface area contributed by atoms with E-state index in [1.54, 1.807) is 23.7 Å². The number of carbonyl (C=O) groups is 2. The van der Waals surface area contributed by atoms with Gasteiger partial charge in [0.25, 0.3) is 18.3 Å². The van der Waals surface area contributed by atoms with Crippen molar-refractivity contribution in [2.45, 2.75) is 50.1 Å². The van der Waals surface area contributed by atoms with Gasteiger partial charge in [-0.1, -0.05) is 5.16 Å². The maximum Gasteiger partial charge on any atom is 0.266 e. The first-order valence-corrected chi connectivity index (χ1v) is 14.8. The monoisotopic (exact) mass is 640 g/mol. The van der Waals surface area contributed by atoms with E-state index in [1.807, 2.05) is 17.0 Å². The Bertz CT molecular complexity index is 1890. The number of hydrogen-bond donors (Lipinski definition) is 2. The highest BCUT2D eigenvalue weighted by Crippen LogP contribution is 2.57. The van der Waals surface area contributed by atoms with E-state index in [0.29, 0.717) is 41.1 Å². The van der Waals surface area contributed by atoms with Gasteiger partial charge < -0.3 is 24.7 Å². The van der Waals surface area contributed by atoms with Crippen molar-refractivity contribution in [3.8, 4) is 11.4 Å². The number of hydrogen-bond acceptors (Lipinski definition) is 9. The summed E-state index contributed by atoms with van der Waals surface area (Å²) in [5.74, 6) is -4.88. The lowest BCUT2D eigenvalue weighted by molar-refractivity contribution is -0.209. The van der Waals surface area contributed by atoms with E-state index < -0.39 is 42.1 Å². The third-order valence-corrected chi connectivity index (χ3v) is 9.64. The van der Waals surface area contributed by atoms with Crippen LogP contribution in [0, 0.1) is 18.3 Å². The maximum absolute atomic E-state index is 13.4. The summed E-state index contributed by atoms with van der Waals surface area (Å²) in [7, 11) is 0. The molecule has 0 aromatic carbocycles. The lowest BCUT2D eigenvalue weighted by atomic mass is 9.55. The number of carbonyl (C=O) groups excluding carboxylic acids is 2. The van der Waals surface area contributed by atoms with E-state index in [-0.39, 0.29) is 49.0 Å². The predicted octanol–water partition coefficient (Wildman–Crippen LogP) is 3.52. The van der Waals surface area contributed by atoms with Crippen molar-refractivity contribution in [3.63, 3.8) is 0 Å². The number of aryl methyl sites for hydroxylation is 1. The molecule has 2 saturated carbocycles. The molecule has 4 aliphatic rings. The standard InChI is InChI=1S/C30H28F4N8O4/c1-15-21(4-16(7-35-15)23-38-25(46-39-23)17-9-40(10-17)26(44)20-6-30(20,33)34)37-24(43)19-8-36-42-3-2-18(5-22(19)42)41-13-28(14-41)11-29(45,12-28)27(31)32/h2-5,7-8,17,20,27,45H,6,9-14H2,1H3,(H,37,43)/t20-/m1/s1. The molecule has 4 fully saturated rings. The molecule has 240 valence electrons. The molecule has 6 heterocycles. The molecule has 2 aliphatic carbocycles. The van der Waals surface area contributed by atoms with E-state index in [9.17, 15) is 32.3 Å². The highest BCUT2D eigenvalue weighted by atomic mass is 19.3. The van der Waals surface area contributed by atoms with Crippen LogP contribution in [-0.2, 0) is 4.79 Å². The summed E-state index contributed by atoms with van der Waals surface area (Å²) in [4.78, 5) is 37.8. The molecule has 12 nitrogen and oxygen atoms in total. The van der Waals surface area contributed by atoms with Crippen molar-refractivity contribution >= 4 is 28.7 Å². The zero-order chi connectivity index (χ0) is 32.2. The Balaban J connectivity index is 0.936. The van der Waals surface area contributed by atoms with Gasteiger partial charge in [0, 0.05) is 61.7 Å². The van der Waals surface area contributed by atoms with Crippen molar-refractivity contribution in [3.05, 3.63) is 53.9 Å². The minimum atomic E-state index is -2.91. The molecular weight excluding hydrogens is 612 g/mol. The molecule has 4 aromatic rings. The molecule has 2 aliphatic heterocycles. The molecule has 16 heteroatoms. The Labute approximate surface area is 258 Å². The molecule has 46 heavy (non-hydrogen) atoms. The number of halogens is 4. The zero-order valence-electron chi connectivity index (χ0n) is 24.5. The molecule has 4 aromatic heterocycles. The molecule has 1 spiro atoms. The number of aromatic nitrogens is 5. The average molecular weight is 641 g/mol. The summed E-state index contributed by atoms with van der Waals surface area (Å²) in [5.41, 5.74) is 0.893. The third-order valence-electron chi connectivity index (χ3n) is 9.64. The first-order valence-electron chi connectivity index (χ1n) is 14.8. The van der Waals surface area contributed by atoms with Gasteiger partial charge in [0.15, 0.2) is 0 Å². The molecule has 0 radical (unpaired) electrons. The fourth-order valence-corrected chi connectivity index (χ4v) is 6.92. The van der Waals surface area contributed by atoms with Crippen LogP contribution in [0.2, 0.25) is 0 Å². The zero-order valence-corrected chi connectivity index (χ0v) is 24.5. The Morgan fingerprint density at radius 1 is 1.15 bits per heavy atom. The molecule has 2 N–H and O–H groups in total. The molecule has 8 rings (SSSR count). The minimum Gasteiger partial charge on any atom is -0.384 e. The Hall–Kier alpha value is -4.60. The van der Waals surface area contributed by atoms with Gasteiger partial charge in [-0.15, -0.1) is 0 Å². The highest BCUT2D eigenvalue weighted by Gasteiger charge is 2.64. The van der Waals surface area contributed by atoms with Crippen molar-refractivity contribution in [2.75, 3.05) is 36.4 Å². The number of nitrogens with zero attached hydrogens (tertiary/aromatic N) is 7. The molecule has 0 bridgehead atoms. The lowest BCUT2D eigenvalue weighted by Gasteiger charge is -2.62. The van der Waals surface area contributed by atoms with Gasteiger partial charge in [0.05, 0.1) is 34.6 Å². The van der Waals surface area contributed by atoms with Gasteiger partial charge >= 0.3 is 0 Å². The molecule has 1 atom stereocenters. The summed E-state index contributed by atoms with van der Waals surface area (Å²) in [6, 6.07) is 5.32. The first kappa shape index (κ1) is 28.8. The first-order chi connectivity index (χ1) is 21.8. The van der Waals surface area contributed by atoms with E-state index in [0.717, 1.165) is 5.69 Å². The van der Waals surface area contributed by atoms with Crippen LogP contribution >= 0.6 is 0 Å². The third kappa shape index (κ3) is 4.60. The van der Waals surface area contributed by atoms with Crippen LogP contribution in [0.4, 0.5) is 28.9 Å². The molecular formula is C30H28F4N8O4. The second kappa shape index (κ2) is 9.70. The van der Waals surface area contributed by atoms with E-state index in [2.05, 4.69) is 25.5 Å². The number of nitrogens with one attached hydrogen (secondary N) is 1. The van der Waals surface area contributed by atoms with E-state index in [1.165, 1.54) is 17.3 Å². The number of amides is 2. The number of anilines is 2. The number of aliphatic hydroxyl groups is 1. The average Bonchev–Trinajstić information content (AvgIpc) is 3.28. The van der Waals surface area contributed by atoms with Crippen LogP contribution in [0.15, 0.2) is 41.3 Å². The predicted molar refractivity (Wildman–Crippen MR) is 153 cm³/mol. The van der Waals surface area contributed by atoms with Crippen LogP contribution < -0.4 is 10.2 Å². The van der Waals surface area contributed by atoms with Gasteiger partial charge in [-0.2, -0.15) is 10.1 Å². The van der Waals surface area contributed by atoms with Gasteiger partial charge in [-0.25, -0.2) is 22.1 Å². The van der Waals surface area contributed by atoms with Gasteiger partial charge in [-0.05, 0) is 38.0 Å². The summed E-state index contributed by atoms with van der Waals surface area (Å²) in [6.07, 6.45) is 1.69. The van der Waals surface area contributed by atoms with Crippen molar-refractivity contribution in [1.29, 1.82) is 0 Å². The quantitative estimate of drug-likeness (QED) is 0.290. The minimum absolute atomic E-state index is 0.0682. The lowest BCUT2D eigenvalue weighted by Crippen LogP contribution is -2.70. The van der Waals surface area contributed by atoms with Crippen molar-refractivity contribution in [1.82, 2.24) is 29.6 Å². The SMILES string of the molecule is Cc1ncc(-c2noc(C3CN(C(=O)[C@H]4CC4(F)F)C3)n2)cc1NC(=O)c1cnn2ccc(N3CC4(C3)CC(O)(C(F)F)C4)cc12. The van der Waals surface area contributed by atoms with Crippen molar-refractivity contribution < 1.29 is 36.8 Å². The largest absolute Gasteiger partial charge is 0.384 e. The second-order valence-electron chi connectivity index (χ2n) is 13.1. The topological polar surface area (TPSA) is 142 Å². The fraction of sp³-hybridized carbons (Fsp3) is 0.467. The summed E-state index contributed by atoms with van der Waals surface area (Å²) < 4.78 is 59.7. The van der Waals surface area contributed by atoms with Crippen LogP contribution in [0.5, 0.6) is 0 Å². The summed E-state index contributed by atoms with van der Waals surface area (Å²) in [6.45, 7) is 3.26. The number of pyridine rings is 2. The Kier molecular flexibility index (Phi) is 6.08. The van der Waals surface area contributed by atoms with Crippen LogP contribution in [-0.4, -0.2) is 90.7 Å². The van der Waals surface area contributed by atoms with Crippen molar-refractivity contribution in [2.24, 2.45) is 11.3 Å². The van der Waals surface area contributed by atoms with Gasteiger partial charge in [-0.3, -0.25) is 14.6 Å². The number of alkyl halides is 4. The molecule has 0 unspecified atom stereocenters. The van der Waals surface area contributed by atoms with Crippen LogP contribution in [0.1, 0.15) is 47.1 Å². The Morgan fingerprint density at radius 2 is 1.89 bits per heavy atom. The van der Waals surface area contributed by atoms with Gasteiger partial charge in [0.1, 0.15) is 11.5 Å². The number of likely N-dealkylation sites (tertiary alicyclic amines) is 1. The highest BCUT2D eigenvalue weighted by molar-refractivity contribution is 6.09.